The minimum Gasteiger partial charge on any atom is -0.462 e. The summed E-state index contributed by atoms with van der Waals surface area (Å²) < 4.78 is 68.6. The lowest BCUT2D eigenvalue weighted by Gasteiger charge is -2.21. The van der Waals surface area contributed by atoms with Crippen molar-refractivity contribution in [2.45, 2.75) is 401 Å². The number of ether oxygens (including phenoxy) is 4. The Balaban J connectivity index is 5.27. The summed E-state index contributed by atoms with van der Waals surface area (Å²) >= 11 is 0. The summed E-state index contributed by atoms with van der Waals surface area (Å²) in [5.74, 6) is 0.141. The Hall–Kier alpha value is -2.46. The second kappa shape index (κ2) is 68.9. The molecule has 0 saturated carbocycles. The fourth-order valence-corrected chi connectivity index (χ4v) is 13.2. The summed E-state index contributed by atoms with van der Waals surface area (Å²) in [6, 6.07) is 0. The number of hydrogen-bond donors (Lipinski definition) is 3. The Morgan fingerprint density at radius 3 is 0.827 bits per heavy atom. The van der Waals surface area contributed by atoms with Crippen LogP contribution in [-0.2, 0) is 65.4 Å². The summed E-state index contributed by atoms with van der Waals surface area (Å²) in [6.07, 6.45) is 59.1. The van der Waals surface area contributed by atoms with Gasteiger partial charge in [-0.25, -0.2) is 9.13 Å². The number of allylic oxidation sites excluding steroid dienone is 4. The Bertz CT molecular complexity index is 2000. The molecular weight excluding hydrogens is 1280 g/mol. The fraction of sp³-hybridized carbons (Fsp3) is 0.899. The van der Waals surface area contributed by atoms with Crippen LogP contribution in [0.15, 0.2) is 24.3 Å². The molecule has 98 heavy (non-hydrogen) atoms. The molecule has 0 spiro atoms. The lowest BCUT2D eigenvalue weighted by Crippen LogP contribution is -2.30. The minimum atomic E-state index is -4.97. The summed E-state index contributed by atoms with van der Waals surface area (Å²) in [5.41, 5.74) is 0. The van der Waals surface area contributed by atoms with E-state index in [1.165, 1.54) is 180 Å². The Morgan fingerprint density at radius 2 is 0.551 bits per heavy atom. The number of hydrogen-bond acceptors (Lipinski definition) is 15. The average Bonchev–Trinajstić information content (AvgIpc) is 1.03. The molecule has 0 aromatic heterocycles. The van der Waals surface area contributed by atoms with Gasteiger partial charge in [0.1, 0.15) is 19.3 Å². The molecule has 0 aromatic carbocycles. The van der Waals surface area contributed by atoms with Crippen molar-refractivity contribution in [2.75, 3.05) is 39.6 Å². The van der Waals surface area contributed by atoms with Crippen LogP contribution >= 0.6 is 15.6 Å². The standard InChI is InChI=1S/C79H150O17P2/c1-8-9-10-11-12-13-14-15-18-23-26-32-41-48-55-62-78(83)95-74(66-89-76(81)60-53-46-39-31-25-22-20-17-16-19-21-24-29-36-43-50-57-70(2)3)68-93-97(85,86)91-64-73(80)65-92-98(87,88)94-69-75(67-90-77(82)61-54-47-40-35-34-38-45-52-59-72(6)7)96-79(84)63-56-49-42-33-28-27-30-37-44-51-58-71(4)5/h13-15,18,70-75,80H,8-12,16-17,19-69H2,1-7H3,(H,85,86)(H,87,88)/b14-13-,18-15-/t73?,74-,75-/m1/s1. The van der Waals surface area contributed by atoms with E-state index in [1.54, 1.807) is 0 Å². The quantitative estimate of drug-likeness (QED) is 0.0169. The van der Waals surface area contributed by atoms with E-state index in [4.69, 9.17) is 37.0 Å². The highest BCUT2D eigenvalue weighted by molar-refractivity contribution is 7.47. The fourth-order valence-electron chi connectivity index (χ4n) is 11.6. The molecule has 0 aliphatic heterocycles. The summed E-state index contributed by atoms with van der Waals surface area (Å²) in [7, 11) is -9.93. The van der Waals surface area contributed by atoms with Gasteiger partial charge >= 0.3 is 39.5 Å². The zero-order chi connectivity index (χ0) is 72.3. The molecule has 3 N–H and O–H groups in total. The number of carbonyl (C=O) groups is 4. The molecule has 0 aliphatic carbocycles. The molecular formula is C79H150O17P2. The average molecular weight is 1430 g/mol. The van der Waals surface area contributed by atoms with Gasteiger partial charge in [-0.15, -0.1) is 0 Å². The van der Waals surface area contributed by atoms with Gasteiger partial charge in [-0.2, -0.15) is 0 Å². The highest BCUT2D eigenvalue weighted by Crippen LogP contribution is 2.45. The molecule has 0 radical (unpaired) electrons. The van der Waals surface area contributed by atoms with Crippen LogP contribution in [0.5, 0.6) is 0 Å². The Kier molecular flexibility index (Phi) is 67.2. The molecule has 0 amide bonds. The number of carbonyl (C=O) groups excluding carboxylic acids is 4. The van der Waals surface area contributed by atoms with Gasteiger partial charge in [-0.3, -0.25) is 37.3 Å². The lowest BCUT2D eigenvalue weighted by atomic mass is 10.0. The van der Waals surface area contributed by atoms with Gasteiger partial charge < -0.3 is 33.8 Å². The van der Waals surface area contributed by atoms with Crippen molar-refractivity contribution in [1.29, 1.82) is 0 Å². The van der Waals surface area contributed by atoms with Gasteiger partial charge in [0.2, 0.25) is 0 Å². The first-order valence-electron chi connectivity index (χ1n) is 40.2. The number of aliphatic hydroxyl groups excluding tert-OH is 1. The van der Waals surface area contributed by atoms with Crippen LogP contribution in [0.3, 0.4) is 0 Å². The molecule has 3 unspecified atom stereocenters. The maximum Gasteiger partial charge on any atom is 0.472 e. The SMILES string of the molecule is CCCCCC/C=C\C=C/CCCCCCCC(=O)O[C@H](COC(=O)CCCCCCCCCCCCCCCCCCC(C)C)COP(=O)(O)OCC(O)COP(=O)(O)OC[C@@H](COC(=O)CCCCCCCCCCC(C)C)OC(=O)CCCCCCCCCCCCC(C)C. The third-order valence-corrected chi connectivity index (χ3v) is 19.7. The molecule has 0 rings (SSSR count). The number of unbranched alkanes of at least 4 members (excludes halogenated alkanes) is 40. The smallest absolute Gasteiger partial charge is 0.462 e. The van der Waals surface area contributed by atoms with Crippen LogP contribution in [0.2, 0.25) is 0 Å². The van der Waals surface area contributed by atoms with E-state index >= 15 is 0 Å². The predicted molar refractivity (Wildman–Crippen MR) is 400 cm³/mol. The number of rotatable bonds is 75. The second-order valence-corrected chi connectivity index (χ2v) is 32.1. The molecule has 0 aromatic rings. The first kappa shape index (κ1) is 95.5. The van der Waals surface area contributed by atoms with Gasteiger partial charge in [0.15, 0.2) is 12.2 Å². The largest absolute Gasteiger partial charge is 0.472 e. The molecule has 5 atom stereocenters. The Morgan fingerprint density at radius 1 is 0.316 bits per heavy atom. The van der Waals surface area contributed by atoms with E-state index in [0.717, 1.165) is 120 Å². The molecule has 0 fully saturated rings. The highest BCUT2D eigenvalue weighted by Gasteiger charge is 2.30. The van der Waals surface area contributed by atoms with E-state index in [-0.39, 0.29) is 25.7 Å². The molecule has 0 saturated heterocycles. The van der Waals surface area contributed by atoms with E-state index < -0.39 is 97.5 Å². The normalized spacial score (nSPS) is 14.2. The molecule has 0 bridgehead atoms. The minimum absolute atomic E-state index is 0.0851. The topological polar surface area (TPSA) is 237 Å². The zero-order valence-corrected chi connectivity index (χ0v) is 65.5. The molecule has 17 nitrogen and oxygen atoms in total. The Labute approximate surface area is 599 Å². The van der Waals surface area contributed by atoms with Crippen LogP contribution in [0, 0.1) is 17.8 Å². The summed E-state index contributed by atoms with van der Waals surface area (Å²) in [6.45, 7) is 11.8. The predicted octanol–water partition coefficient (Wildman–Crippen LogP) is 22.9. The maximum absolute atomic E-state index is 13.1. The van der Waals surface area contributed by atoms with Crippen molar-refractivity contribution in [3.63, 3.8) is 0 Å². The molecule has 0 aliphatic rings. The van der Waals surface area contributed by atoms with Crippen molar-refractivity contribution in [2.24, 2.45) is 17.8 Å². The van der Waals surface area contributed by atoms with Crippen LogP contribution in [0.4, 0.5) is 0 Å². The summed E-state index contributed by atoms with van der Waals surface area (Å²) in [5, 5.41) is 10.6. The molecule has 578 valence electrons. The molecule has 0 heterocycles. The van der Waals surface area contributed by atoms with Gasteiger partial charge in [0.25, 0.3) is 0 Å². The van der Waals surface area contributed by atoms with Crippen molar-refractivity contribution in [3.8, 4) is 0 Å². The van der Waals surface area contributed by atoms with Gasteiger partial charge in [-0.05, 0) is 69.1 Å². The first-order chi connectivity index (χ1) is 47.2. The van der Waals surface area contributed by atoms with Gasteiger partial charge in [0, 0.05) is 25.7 Å². The second-order valence-electron chi connectivity index (χ2n) is 29.2. The number of phosphoric acid groups is 2. The third kappa shape index (κ3) is 71.9. The third-order valence-electron chi connectivity index (χ3n) is 17.8. The van der Waals surface area contributed by atoms with Crippen LogP contribution in [-0.4, -0.2) is 96.7 Å². The number of phosphoric ester groups is 2. The van der Waals surface area contributed by atoms with Crippen molar-refractivity contribution in [1.82, 2.24) is 0 Å². The van der Waals surface area contributed by atoms with Crippen molar-refractivity contribution in [3.05, 3.63) is 24.3 Å². The highest BCUT2D eigenvalue weighted by atomic mass is 31.2. The van der Waals surface area contributed by atoms with E-state index in [1.807, 2.05) is 0 Å². The van der Waals surface area contributed by atoms with Gasteiger partial charge in [0.05, 0.1) is 26.4 Å². The maximum atomic E-state index is 13.1. The van der Waals surface area contributed by atoms with E-state index in [9.17, 15) is 43.2 Å². The van der Waals surface area contributed by atoms with Crippen LogP contribution < -0.4 is 0 Å². The van der Waals surface area contributed by atoms with E-state index in [0.29, 0.717) is 25.7 Å². The van der Waals surface area contributed by atoms with Crippen molar-refractivity contribution < 1.29 is 80.2 Å². The van der Waals surface area contributed by atoms with Gasteiger partial charge in [-0.1, -0.05) is 330 Å². The van der Waals surface area contributed by atoms with Crippen molar-refractivity contribution >= 4 is 39.5 Å². The lowest BCUT2D eigenvalue weighted by molar-refractivity contribution is -0.161. The monoisotopic (exact) mass is 1430 g/mol. The molecule has 19 heteroatoms. The number of aliphatic hydroxyl groups is 1. The zero-order valence-electron chi connectivity index (χ0n) is 63.7. The number of esters is 4. The van der Waals surface area contributed by atoms with Crippen LogP contribution in [0.25, 0.3) is 0 Å². The van der Waals surface area contributed by atoms with E-state index in [2.05, 4.69) is 72.8 Å². The van der Waals surface area contributed by atoms with Crippen LogP contribution in [0.1, 0.15) is 382 Å². The first-order valence-corrected chi connectivity index (χ1v) is 43.2. The summed E-state index contributed by atoms with van der Waals surface area (Å²) in [4.78, 5) is 72.9.